The normalized spacial score (nSPS) is 17.2. The lowest BCUT2D eigenvalue weighted by atomic mass is 9.89. The molecular weight excluding hydrogens is 266 g/mol. The molecule has 3 rings (SSSR count). The van der Waals surface area contributed by atoms with Crippen LogP contribution in [-0.2, 0) is 0 Å². The quantitative estimate of drug-likeness (QED) is 0.600. The zero-order chi connectivity index (χ0) is 14.8. The summed E-state index contributed by atoms with van der Waals surface area (Å²) in [5, 5.41) is 9.88. The summed E-state index contributed by atoms with van der Waals surface area (Å²) < 4.78 is 0. The molecule has 1 aliphatic heterocycles. The van der Waals surface area contributed by atoms with Gasteiger partial charge in [-0.2, -0.15) is 0 Å². The molecule has 0 unspecified atom stereocenters. The second-order valence-corrected chi connectivity index (χ2v) is 5.65. The highest BCUT2D eigenvalue weighted by Gasteiger charge is 2.22. The molecule has 2 heterocycles. The Kier molecular flexibility index (Phi) is 3.94. The molecule has 0 bridgehead atoms. The smallest absolute Gasteiger partial charge is 0.274 e. The van der Waals surface area contributed by atoms with E-state index in [1.165, 1.54) is 23.8 Å². The lowest BCUT2D eigenvalue weighted by Crippen LogP contribution is -2.32. The summed E-state index contributed by atoms with van der Waals surface area (Å²) in [5.41, 5.74) is 4.42. The number of likely N-dealkylation sites (tertiary alicyclic amines) is 1. The number of hydrogen-bond acceptors (Lipinski definition) is 3. The number of carbonyl (C=O) groups excluding carboxylic acids is 1. The number of carbonyl (C=O) groups is 1. The van der Waals surface area contributed by atoms with Crippen LogP contribution in [0.25, 0.3) is 10.9 Å². The average Bonchev–Trinajstić information content (AvgIpc) is 2.97. The van der Waals surface area contributed by atoms with E-state index in [1.54, 1.807) is 17.6 Å². The van der Waals surface area contributed by atoms with Crippen LogP contribution in [-0.4, -0.2) is 40.6 Å². The minimum absolute atomic E-state index is 0.458. The Balaban J connectivity index is 1.86. The Labute approximate surface area is 123 Å². The molecule has 3 N–H and O–H groups in total. The number of H-pyrrole nitrogens is 1. The number of aromatic nitrogens is 1. The van der Waals surface area contributed by atoms with Gasteiger partial charge in [0, 0.05) is 22.7 Å². The van der Waals surface area contributed by atoms with E-state index in [2.05, 4.69) is 23.0 Å². The second kappa shape index (κ2) is 5.87. The Morgan fingerprint density at radius 1 is 1.43 bits per heavy atom. The van der Waals surface area contributed by atoms with Gasteiger partial charge in [0.2, 0.25) is 0 Å². The molecule has 0 atom stereocenters. The van der Waals surface area contributed by atoms with Crippen LogP contribution < -0.4 is 5.48 Å². The van der Waals surface area contributed by atoms with E-state index in [4.69, 9.17) is 5.21 Å². The van der Waals surface area contributed by atoms with E-state index in [0.29, 0.717) is 11.5 Å². The van der Waals surface area contributed by atoms with Crippen LogP contribution >= 0.6 is 0 Å². The van der Waals surface area contributed by atoms with Crippen molar-refractivity contribution in [2.75, 3.05) is 19.6 Å². The molecule has 1 fully saturated rings. The van der Waals surface area contributed by atoms with Crippen LogP contribution in [0.1, 0.15) is 41.6 Å². The highest BCUT2D eigenvalue weighted by atomic mass is 16.5. The summed E-state index contributed by atoms with van der Waals surface area (Å²) in [7, 11) is 0. The van der Waals surface area contributed by atoms with Crippen molar-refractivity contribution in [3.8, 4) is 0 Å². The maximum atomic E-state index is 11.5. The largest absolute Gasteiger partial charge is 0.361 e. The van der Waals surface area contributed by atoms with Gasteiger partial charge in [-0.3, -0.25) is 10.0 Å². The van der Waals surface area contributed by atoms with E-state index in [-0.39, 0.29) is 0 Å². The Bertz CT molecular complexity index is 642. The molecule has 1 aromatic heterocycles. The van der Waals surface area contributed by atoms with Crippen molar-refractivity contribution in [2.45, 2.75) is 25.7 Å². The van der Waals surface area contributed by atoms with Crippen LogP contribution in [0, 0.1) is 0 Å². The van der Waals surface area contributed by atoms with E-state index >= 15 is 0 Å². The molecule has 1 aliphatic rings. The average molecular weight is 287 g/mol. The van der Waals surface area contributed by atoms with Crippen LogP contribution in [0.2, 0.25) is 0 Å². The van der Waals surface area contributed by atoms with Gasteiger partial charge in [0.05, 0.1) is 0 Å². The van der Waals surface area contributed by atoms with E-state index in [1.807, 2.05) is 6.07 Å². The highest BCUT2D eigenvalue weighted by molar-refractivity contribution is 5.98. The molecule has 0 aliphatic carbocycles. The summed E-state index contributed by atoms with van der Waals surface area (Å²) in [6.07, 6.45) is 4.43. The topological polar surface area (TPSA) is 68.4 Å². The first kappa shape index (κ1) is 14.1. The molecular formula is C16H21N3O2. The van der Waals surface area contributed by atoms with Gasteiger partial charge in [-0.25, -0.2) is 5.48 Å². The fraction of sp³-hybridized carbons (Fsp3) is 0.438. The number of amides is 1. The molecule has 5 heteroatoms. The minimum Gasteiger partial charge on any atom is -0.361 e. The van der Waals surface area contributed by atoms with Crippen LogP contribution in [0.15, 0.2) is 24.4 Å². The van der Waals surface area contributed by atoms with Crippen molar-refractivity contribution in [1.82, 2.24) is 15.4 Å². The molecule has 0 spiro atoms. The maximum Gasteiger partial charge on any atom is 0.274 e. The number of hydrogen-bond donors (Lipinski definition) is 3. The maximum absolute atomic E-state index is 11.5. The lowest BCUT2D eigenvalue weighted by Gasteiger charge is -2.30. The molecule has 0 radical (unpaired) electrons. The van der Waals surface area contributed by atoms with Crippen molar-refractivity contribution in [3.63, 3.8) is 0 Å². The minimum atomic E-state index is -0.482. The summed E-state index contributed by atoms with van der Waals surface area (Å²) in [6.45, 7) is 5.64. The molecule has 21 heavy (non-hydrogen) atoms. The molecule has 0 saturated carbocycles. The molecule has 5 nitrogen and oxygen atoms in total. The number of nitrogens with zero attached hydrogens (tertiary/aromatic N) is 1. The van der Waals surface area contributed by atoms with Crippen molar-refractivity contribution < 1.29 is 10.0 Å². The van der Waals surface area contributed by atoms with E-state index in [0.717, 1.165) is 25.2 Å². The van der Waals surface area contributed by atoms with Gasteiger partial charge in [0.1, 0.15) is 0 Å². The van der Waals surface area contributed by atoms with Crippen LogP contribution in [0.4, 0.5) is 0 Å². The number of fused-ring (bicyclic) bond motifs is 1. The zero-order valence-electron chi connectivity index (χ0n) is 12.2. The van der Waals surface area contributed by atoms with Crippen molar-refractivity contribution in [3.05, 3.63) is 35.5 Å². The van der Waals surface area contributed by atoms with E-state index in [9.17, 15) is 4.79 Å². The Hall–Kier alpha value is -1.85. The first-order valence-electron chi connectivity index (χ1n) is 7.50. The van der Waals surface area contributed by atoms with Crippen molar-refractivity contribution in [2.24, 2.45) is 0 Å². The third kappa shape index (κ3) is 2.66. The summed E-state index contributed by atoms with van der Waals surface area (Å²) in [5.74, 6) is 0.100. The predicted molar refractivity (Wildman–Crippen MR) is 81.6 cm³/mol. The first-order chi connectivity index (χ1) is 10.2. The summed E-state index contributed by atoms with van der Waals surface area (Å²) >= 11 is 0. The lowest BCUT2D eigenvalue weighted by molar-refractivity contribution is 0.0706. The molecule has 2 aromatic rings. The van der Waals surface area contributed by atoms with Crippen molar-refractivity contribution in [1.29, 1.82) is 0 Å². The first-order valence-corrected chi connectivity index (χ1v) is 7.50. The monoisotopic (exact) mass is 287 g/mol. The van der Waals surface area contributed by atoms with Gasteiger partial charge >= 0.3 is 0 Å². The standard InChI is InChI=1S/C16H21N3O2/c1-2-19-7-5-11(6-8-19)14-10-17-15-9-12(16(20)18-21)3-4-13(14)15/h3-4,9-11,17,21H,2,5-8H2,1H3,(H,18,20). The molecule has 1 saturated heterocycles. The van der Waals surface area contributed by atoms with Gasteiger partial charge in [0.15, 0.2) is 0 Å². The Morgan fingerprint density at radius 3 is 2.86 bits per heavy atom. The highest BCUT2D eigenvalue weighted by Crippen LogP contribution is 2.33. The number of benzene rings is 1. The number of piperidine rings is 1. The number of rotatable bonds is 3. The SMILES string of the molecule is CCN1CCC(c2c[nH]c3cc(C(=O)NO)ccc23)CC1. The fourth-order valence-corrected chi connectivity index (χ4v) is 3.25. The van der Waals surface area contributed by atoms with Gasteiger partial charge in [-0.1, -0.05) is 13.0 Å². The van der Waals surface area contributed by atoms with E-state index < -0.39 is 5.91 Å². The summed E-state index contributed by atoms with van der Waals surface area (Å²) in [4.78, 5) is 17.2. The number of nitrogens with one attached hydrogen (secondary N) is 2. The number of hydroxylamine groups is 1. The number of aromatic amines is 1. The van der Waals surface area contributed by atoms with Gasteiger partial charge in [0.25, 0.3) is 5.91 Å². The molecule has 1 aromatic carbocycles. The fourth-order valence-electron chi connectivity index (χ4n) is 3.25. The van der Waals surface area contributed by atoms with Gasteiger partial charge in [-0.15, -0.1) is 0 Å². The summed E-state index contributed by atoms with van der Waals surface area (Å²) in [6, 6.07) is 5.51. The molecule has 1 amide bonds. The van der Waals surface area contributed by atoms with Gasteiger partial charge in [-0.05, 0) is 56.1 Å². The zero-order valence-corrected chi connectivity index (χ0v) is 12.2. The van der Waals surface area contributed by atoms with Gasteiger partial charge < -0.3 is 9.88 Å². The third-order valence-electron chi connectivity index (χ3n) is 4.55. The second-order valence-electron chi connectivity index (χ2n) is 5.65. The molecule has 112 valence electrons. The Morgan fingerprint density at radius 2 is 2.19 bits per heavy atom. The van der Waals surface area contributed by atoms with Crippen LogP contribution in [0.5, 0.6) is 0 Å². The third-order valence-corrected chi connectivity index (χ3v) is 4.55. The van der Waals surface area contributed by atoms with Crippen LogP contribution in [0.3, 0.4) is 0 Å². The predicted octanol–water partition coefficient (Wildman–Crippen LogP) is 2.49. The van der Waals surface area contributed by atoms with Crippen molar-refractivity contribution >= 4 is 16.8 Å².